The van der Waals surface area contributed by atoms with Gasteiger partial charge in [-0.3, -0.25) is 18.9 Å². The second kappa shape index (κ2) is 10.0. The van der Waals surface area contributed by atoms with E-state index in [1.165, 1.54) is 0 Å². The molecule has 1 aliphatic heterocycles. The average Bonchev–Trinajstić information content (AvgIpc) is 3.23. The zero-order valence-electron chi connectivity index (χ0n) is 18.8. The normalized spacial score (nSPS) is 19.6. The van der Waals surface area contributed by atoms with Crippen LogP contribution < -0.4 is 20.2 Å². The van der Waals surface area contributed by atoms with Crippen molar-refractivity contribution in [2.45, 2.75) is 44.5 Å². The van der Waals surface area contributed by atoms with Gasteiger partial charge in [-0.25, -0.2) is 13.2 Å². The van der Waals surface area contributed by atoms with Gasteiger partial charge in [0, 0.05) is 37.0 Å². The second-order valence-corrected chi connectivity index (χ2v) is 9.42. The van der Waals surface area contributed by atoms with Gasteiger partial charge < -0.3 is 29.2 Å². The molecule has 2 aliphatic rings. The van der Waals surface area contributed by atoms with Crippen molar-refractivity contribution in [1.29, 1.82) is 0 Å². The lowest BCUT2D eigenvalue weighted by atomic mass is 10.1. The SMILES string of the molecule is O=C(NCc1c(F)cc(F)c(OS(=O)(=O)O)c1F)c1cn2c(c(O)c1=O)C(=O)N[C@@H]1CC[C@H](C1)OCC2. The van der Waals surface area contributed by atoms with E-state index >= 15 is 0 Å². The number of hydrogen-bond acceptors (Lipinski definition) is 8. The lowest BCUT2D eigenvalue weighted by Crippen LogP contribution is -2.38. The van der Waals surface area contributed by atoms with E-state index in [0.29, 0.717) is 19.3 Å². The Morgan fingerprint density at radius 3 is 2.68 bits per heavy atom. The number of rotatable bonds is 5. The van der Waals surface area contributed by atoms with Gasteiger partial charge in [0.15, 0.2) is 23.1 Å². The van der Waals surface area contributed by atoms with Crippen LogP contribution >= 0.6 is 0 Å². The molecule has 37 heavy (non-hydrogen) atoms. The molecule has 2 aromatic rings. The van der Waals surface area contributed by atoms with Gasteiger partial charge in [0.05, 0.1) is 12.7 Å². The second-order valence-electron chi connectivity index (χ2n) is 8.39. The number of aromatic nitrogens is 1. The van der Waals surface area contributed by atoms with Crippen molar-refractivity contribution in [2.75, 3.05) is 6.61 Å². The maximum Gasteiger partial charge on any atom is 0.446 e. The maximum atomic E-state index is 14.5. The Hall–Kier alpha value is -3.63. The molecule has 0 saturated heterocycles. The van der Waals surface area contributed by atoms with Crippen molar-refractivity contribution in [1.82, 2.24) is 15.2 Å². The van der Waals surface area contributed by atoms with Gasteiger partial charge in [-0.15, -0.1) is 0 Å². The number of amides is 2. The Labute approximate surface area is 206 Å². The summed E-state index contributed by atoms with van der Waals surface area (Å²) in [5.74, 6) is -9.81. The molecule has 0 unspecified atom stereocenters. The van der Waals surface area contributed by atoms with Crippen LogP contribution in [0.25, 0.3) is 0 Å². The maximum absolute atomic E-state index is 14.5. The van der Waals surface area contributed by atoms with Crippen molar-refractivity contribution >= 4 is 22.2 Å². The smallest absolute Gasteiger partial charge is 0.446 e. The highest BCUT2D eigenvalue weighted by Crippen LogP contribution is 2.28. The molecule has 1 aromatic carbocycles. The summed E-state index contributed by atoms with van der Waals surface area (Å²) in [6.45, 7) is -0.938. The summed E-state index contributed by atoms with van der Waals surface area (Å²) >= 11 is 0. The number of nitrogens with one attached hydrogen (secondary N) is 2. The Kier molecular flexibility index (Phi) is 7.16. The summed E-state index contributed by atoms with van der Waals surface area (Å²) in [4.78, 5) is 38.1. The lowest BCUT2D eigenvalue weighted by Gasteiger charge is -2.21. The minimum Gasteiger partial charge on any atom is -0.503 e. The molecule has 0 radical (unpaired) electrons. The van der Waals surface area contributed by atoms with Crippen LogP contribution in [-0.4, -0.2) is 53.2 Å². The van der Waals surface area contributed by atoms with Crippen molar-refractivity contribution in [2.24, 2.45) is 0 Å². The van der Waals surface area contributed by atoms with E-state index in [0.717, 1.165) is 10.8 Å². The summed E-state index contributed by atoms with van der Waals surface area (Å²) in [6.07, 6.45) is 2.83. The summed E-state index contributed by atoms with van der Waals surface area (Å²) < 4.78 is 83.4. The van der Waals surface area contributed by atoms with E-state index < -0.39 is 80.0 Å². The van der Waals surface area contributed by atoms with Gasteiger partial charge in [-0.05, 0) is 19.3 Å². The number of pyridine rings is 1. The third-order valence-electron chi connectivity index (χ3n) is 5.96. The first kappa shape index (κ1) is 26.4. The number of fused-ring (bicyclic) bond motifs is 3. The van der Waals surface area contributed by atoms with E-state index in [9.17, 15) is 41.1 Å². The van der Waals surface area contributed by atoms with Crippen molar-refractivity contribution in [3.8, 4) is 11.5 Å². The fourth-order valence-corrected chi connectivity index (χ4v) is 4.60. The highest BCUT2D eigenvalue weighted by atomic mass is 32.3. The molecule has 12 nitrogen and oxygen atoms in total. The van der Waals surface area contributed by atoms with Gasteiger partial charge in [-0.1, -0.05) is 0 Å². The summed E-state index contributed by atoms with van der Waals surface area (Å²) in [5, 5.41) is 15.2. The number of halogens is 3. The number of nitrogens with zero attached hydrogens (tertiary/aromatic N) is 1. The van der Waals surface area contributed by atoms with E-state index in [1.54, 1.807) is 0 Å². The predicted octanol–water partition coefficient (Wildman–Crippen LogP) is 0.764. The lowest BCUT2D eigenvalue weighted by molar-refractivity contribution is 0.0488. The van der Waals surface area contributed by atoms with E-state index in [1.807, 2.05) is 5.32 Å². The minimum absolute atomic E-state index is 0.0183. The van der Waals surface area contributed by atoms with Crippen LogP contribution in [0, 0.1) is 17.5 Å². The van der Waals surface area contributed by atoms with E-state index in [-0.39, 0.29) is 31.4 Å². The Bertz CT molecular complexity index is 1450. The third kappa shape index (κ3) is 5.55. The Balaban J connectivity index is 1.62. The fourth-order valence-electron chi connectivity index (χ4n) is 4.24. The summed E-state index contributed by atoms with van der Waals surface area (Å²) in [5.41, 5.74) is -3.37. The first-order valence-electron chi connectivity index (χ1n) is 10.9. The molecule has 0 spiro atoms. The standard InChI is InChI=1S/C21H20F3N3O9S/c22-13-6-14(23)19(36-37(32,33)34)15(24)11(13)7-25-20(30)12-8-27-3-4-35-10-2-1-9(5-10)26-21(31)16(27)18(29)17(12)28/h6,8-10,29H,1-5,7H2,(H,25,30)(H,26,31)(H,32,33,34)/t9-,10-/m1/s1. The van der Waals surface area contributed by atoms with Crippen molar-refractivity contribution in [3.63, 3.8) is 0 Å². The first-order valence-corrected chi connectivity index (χ1v) is 12.2. The number of ether oxygens (including phenoxy) is 1. The topological polar surface area (TPSA) is 173 Å². The molecule has 200 valence electrons. The minimum atomic E-state index is -5.37. The molecule has 4 N–H and O–H groups in total. The molecule has 2 bridgehead atoms. The highest BCUT2D eigenvalue weighted by Gasteiger charge is 2.31. The van der Waals surface area contributed by atoms with Crippen LogP contribution in [0.5, 0.6) is 11.5 Å². The first-order chi connectivity index (χ1) is 17.4. The molecule has 2 atom stereocenters. The molecule has 2 amide bonds. The largest absolute Gasteiger partial charge is 0.503 e. The van der Waals surface area contributed by atoms with Crippen LogP contribution in [0.4, 0.5) is 13.2 Å². The molecule has 16 heteroatoms. The molecule has 1 fully saturated rings. The van der Waals surface area contributed by atoms with Crippen LogP contribution in [0.2, 0.25) is 0 Å². The fraction of sp³-hybridized carbons (Fsp3) is 0.381. The Morgan fingerprint density at radius 2 is 1.97 bits per heavy atom. The van der Waals surface area contributed by atoms with E-state index in [4.69, 9.17) is 9.29 Å². The van der Waals surface area contributed by atoms with Gasteiger partial charge in [0.25, 0.3) is 11.8 Å². The van der Waals surface area contributed by atoms with Crippen molar-refractivity contribution < 1.29 is 49.8 Å². The van der Waals surface area contributed by atoms with Gasteiger partial charge in [-0.2, -0.15) is 8.42 Å². The van der Waals surface area contributed by atoms with Crippen LogP contribution in [0.15, 0.2) is 17.1 Å². The molecular formula is C21H20F3N3O9S. The number of hydrogen-bond donors (Lipinski definition) is 4. The van der Waals surface area contributed by atoms with Crippen LogP contribution in [0.3, 0.4) is 0 Å². The van der Waals surface area contributed by atoms with Crippen LogP contribution in [-0.2, 0) is 28.2 Å². The van der Waals surface area contributed by atoms with Crippen molar-refractivity contribution in [3.05, 3.63) is 56.8 Å². The molecule has 2 heterocycles. The molecule has 1 saturated carbocycles. The number of aromatic hydroxyl groups is 1. The number of carbonyl (C=O) groups is 2. The predicted molar refractivity (Wildman–Crippen MR) is 117 cm³/mol. The zero-order valence-corrected chi connectivity index (χ0v) is 19.6. The highest BCUT2D eigenvalue weighted by molar-refractivity contribution is 7.81. The Morgan fingerprint density at radius 1 is 1.24 bits per heavy atom. The van der Waals surface area contributed by atoms with Gasteiger partial charge >= 0.3 is 10.4 Å². The molecule has 4 rings (SSSR count). The van der Waals surface area contributed by atoms with Crippen LogP contribution in [0.1, 0.15) is 45.7 Å². The average molecular weight is 547 g/mol. The van der Waals surface area contributed by atoms with Gasteiger partial charge in [0.1, 0.15) is 11.4 Å². The molecular weight excluding hydrogens is 527 g/mol. The zero-order chi connectivity index (χ0) is 27.1. The van der Waals surface area contributed by atoms with Gasteiger partial charge in [0.2, 0.25) is 11.2 Å². The molecule has 1 aliphatic carbocycles. The third-order valence-corrected chi connectivity index (χ3v) is 6.34. The summed E-state index contributed by atoms with van der Waals surface area (Å²) in [7, 11) is -5.37. The number of carbonyl (C=O) groups excluding carboxylic acids is 2. The quantitative estimate of drug-likeness (QED) is 0.394. The molecule has 1 aromatic heterocycles. The number of benzene rings is 1. The summed E-state index contributed by atoms with van der Waals surface area (Å²) in [6, 6.07) is -0.161. The monoisotopic (exact) mass is 547 g/mol. The van der Waals surface area contributed by atoms with E-state index in [2.05, 4.69) is 9.50 Å².